The first-order valence-electron chi connectivity index (χ1n) is 9.51. The van der Waals surface area contributed by atoms with Gasteiger partial charge in [0.2, 0.25) is 5.91 Å². The molecule has 1 amide bonds. The molecule has 0 atom stereocenters. The van der Waals surface area contributed by atoms with E-state index in [0.29, 0.717) is 22.2 Å². The molecule has 0 unspecified atom stereocenters. The number of aromatic nitrogens is 2. The number of primary amides is 1. The van der Waals surface area contributed by atoms with Crippen LogP contribution >= 0.6 is 0 Å². The lowest BCUT2D eigenvalue weighted by Gasteiger charge is -2.07. The number of hydrogen-bond acceptors (Lipinski definition) is 3. The number of ketones is 1. The zero-order valence-electron chi connectivity index (χ0n) is 15.9. The quantitative estimate of drug-likeness (QED) is 0.458. The van der Waals surface area contributed by atoms with E-state index in [2.05, 4.69) is 4.98 Å². The molecule has 5 rings (SSSR count). The number of imidazole rings is 1. The fraction of sp³-hybridized carbons (Fsp3) is 0. The maximum absolute atomic E-state index is 12.9. The fourth-order valence-corrected chi connectivity index (χ4v) is 3.64. The molecule has 4 aromatic carbocycles. The molecule has 30 heavy (non-hydrogen) atoms. The predicted molar refractivity (Wildman–Crippen MR) is 117 cm³/mol. The third kappa shape index (κ3) is 3.02. The van der Waals surface area contributed by atoms with Crippen LogP contribution in [-0.4, -0.2) is 21.2 Å². The van der Waals surface area contributed by atoms with Crippen LogP contribution in [0.3, 0.4) is 0 Å². The van der Waals surface area contributed by atoms with Crippen molar-refractivity contribution >= 4 is 33.5 Å². The SMILES string of the molecule is NC(=O)c1ccc2c(c1)ncn2-c1ccc(C(=O)c2ccc3ccccc3c2)cc1. The van der Waals surface area contributed by atoms with Crippen LogP contribution in [0.2, 0.25) is 0 Å². The number of benzene rings is 4. The lowest BCUT2D eigenvalue weighted by molar-refractivity contribution is 0.0998. The minimum Gasteiger partial charge on any atom is -0.366 e. The number of fused-ring (bicyclic) bond motifs is 2. The summed E-state index contributed by atoms with van der Waals surface area (Å²) in [6.07, 6.45) is 1.69. The highest BCUT2D eigenvalue weighted by Crippen LogP contribution is 2.22. The number of nitrogens with zero attached hydrogens (tertiary/aromatic N) is 2. The van der Waals surface area contributed by atoms with Gasteiger partial charge in [0, 0.05) is 22.4 Å². The van der Waals surface area contributed by atoms with E-state index in [4.69, 9.17) is 5.73 Å². The van der Waals surface area contributed by atoms with Crippen LogP contribution in [0.5, 0.6) is 0 Å². The number of carbonyl (C=O) groups is 2. The van der Waals surface area contributed by atoms with Crippen molar-refractivity contribution in [3.8, 4) is 5.69 Å². The summed E-state index contributed by atoms with van der Waals surface area (Å²) in [4.78, 5) is 28.7. The molecule has 0 saturated heterocycles. The van der Waals surface area contributed by atoms with Crippen molar-refractivity contribution in [1.82, 2.24) is 9.55 Å². The fourth-order valence-electron chi connectivity index (χ4n) is 3.64. The van der Waals surface area contributed by atoms with E-state index < -0.39 is 5.91 Å². The van der Waals surface area contributed by atoms with Crippen LogP contribution in [0.1, 0.15) is 26.3 Å². The number of carbonyl (C=O) groups excluding carboxylic acids is 2. The van der Waals surface area contributed by atoms with Crippen LogP contribution in [0.25, 0.3) is 27.5 Å². The first kappa shape index (κ1) is 17.8. The van der Waals surface area contributed by atoms with Crippen LogP contribution < -0.4 is 5.73 Å². The molecule has 0 bridgehead atoms. The van der Waals surface area contributed by atoms with Crippen LogP contribution in [0.4, 0.5) is 0 Å². The summed E-state index contributed by atoms with van der Waals surface area (Å²) < 4.78 is 1.91. The Balaban J connectivity index is 1.47. The summed E-state index contributed by atoms with van der Waals surface area (Å²) in [5, 5.41) is 2.15. The molecule has 0 aliphatic rings. The second kappa shape index (κ2) is 6.97. The predicted octanol–water partition coefficient (Wildman–Crippen LogP) is 4.51. The van der Waals surface area contributed by atoms with Gasteiger partial charge in [-0.2, -0.15) is 0 Å². The van der Waals surface area contributed by atoms with Crippen molar-refractivity contribution in [1.29, 1.82) is 0 Å². The van der Waals surface area contributed by atoms with Crippen molar-refractivity contribution in [2.75, 3.05) is 0 Å². The summed E-state index contributed by atoms with van der Waals surface area (Å²) in [7, 11) is 0. The Morgan fingerprint density at radius 1 is 0.733 bits per heavy atom. The van der Waals surface area contributed by atoms with E-state index in [9.17, 15) is 9.59 Å². The zero-order valence-corrected chi connectivity index (χ0v) is 15.9. The van der Waals surface area contributed by atoms with E-state index in [1.807, 2.05) is 77.4 Å². The van der Waals surface area contributed by atoms with Gasteiger partial charge >= 0.3 is 0 Å². The Kier molecular flexibility index (Phi) is 4.14. The molecule has 0 aliphatic carbocycles. The highest BCUT2D eigenvalue weighted by Gasteiger charge is 2.12. The Morgan fingerprint density at radius 2 is 1.43 bits per heavy atom. The van der Waals surface area contributed by atoms with E-state index in [-0.39, 0.29) is 5.78 Å². The molecular weight excluding hydrogens is 374 g/mol. The molecule has 0 fully saturated rings. The normalized spacial score (nSPS) is 11.1. The summed E-state index contributed by atoms with van der Waals surface area (Å²) >= 11 is 0. The van der Waals surface area contributed by atoms with Gasteiger partial charge in [-0.1, -0.05) is 36.4 Å². The van der Waals surface area contributed by atoms with Gasteiger partial charge in [0.15, 0.2) is 5.78 Å². The van der Waals surface area contributed by atoms with Crippen molar-refractivity contribution in [3.63, 3.8) is 0 Å². The second-order valence-corrected chi connectivity index (χ2v) is 7.12. The molecule has 5 nitrogen and oxygen atoms in total. The van der Waals surface area contributed by atoms with Gasteiger partial charge in [0.05, 0.1) is 11.0 Å². The molecule has 144 valence electrons. The van der Waals surface area contributed by atoms with Gasteiger partial charge in [-0.25, -0.2) is 4.98 Å². The highest BCUT2D eigenvalue weighted by molar-refractivity contribution is 6.10. The molecule has 0 spiro atoms. The Bertz CT molecular complexity index is 1430. The number of amides is 1. The molecule has 1 heterocycles. The monoisotopic (exact) mass is 391 g/mol. The molecule has 2 N–H and O–H groups in total. The Labute approximate surface area is 172 Å². The molecule has 5 aromatic rings. The third-order valence-corrected chi connectivity index (χ3v) is 5.25. The largest absolute Gasteiger partial charge is 0.366 e. The van der Waals surface area contributed by atoms with Crippen molar-refractivity contribution in [3.05, 3.63) is 108 Å². The molecule has 1 aromatic heterocycles. The summed E-state index contributed by atoms with van der Waals surface area (Å²) in [6.45, 7) is 0. The number of hydrogen-bond donors (Lipinski definition) is 1. The minimum absolute atomic E-state index is 0.0195. The van der Waals surface area contributed by atoms with Gasteiger partial charge in [0.25, 0.3) is 0 Å². The minimum atomic E-state index is -0.483. The van der Waals surface area contributed by atoms with Crippen molar-refractivity contribution in [2.45, 2.75) is 0 Å². The zero-order chi connectivity index (χ0) is 20.7. The summed E-state index contributed by atoms with van der Waals surface area (Å²) in [5.74, 6) is -0.503. The molecular formula is C25H17N3O2. The van der Waals surface area contributed by atoms with Gasteiger partial charge in [-0.3, -0.25) is 14.2 Å². The number of rotatable bonds is 4. The van der Waals surface area contributed by atoms with Crippen LogP contribution in [0.15, 0.2) is 91.3 Å². The lowest BCUT2D eigenvalue weighted by Crippen LogP contribution is -2.10. The summed E-state index contributed by atoms with van der Waals surface area (Å²) in [5.41, 5.74) is 9.45. The third-order valence-electron chi connectivity index (χ3n) is 5.25. The van der Waals surface area contributed by atoms with E-state index >= 15 is 0 Å². The number of nitrogens with two attached hydrogens (primary N) is 1. The Morgan fingerprint density at radius 3 is 2.20 bits per heavy atom. The molecule has 0 aliphatic heterocycles. The van der Waals surface area contributed by atoms with Gasteiger partial charge in [0.1, 0.15) is 6.33 Å². The maximum atomic E-state index is 12.9. The molecule has 0 radical (unpaired) electrons. The van der Waals surface area contributed by atoms with Gasteiger partial charge < -0.3 is 5.73 Å². The maximum Gasteiger partial charge on any atom is 0.248 e. The van der Waals surface area contributed by atoms with E-state index in [0.717, 1.165) is 22.0 Å². The molecule has 0 saturated carbocycles. The smallest absolute Gasteiger partial charge is 0.248 e. The average Bonchev–Trinajstić information content (AvgIpc) is 3.21. The molecule has 5 heteroatoms. The first-order valence-corrected chi connectivity index (χ1v) is 9.51. The van der Waals surface area contributed by atoms with Crippen molar-refractivity contribution < 1.29 is 9.59 Å². The first-order chi connectivity index (χ1) is 14.6. The van der Waals surface area contributed by atoms with Crippen LogP contribution in [-0.2, 0) is 0 Å². The Hall–Kier alpha value is -4.25. The topological polar surface area (TPSA) is 78.0 Å². The van der Waals surface area contributed by atoms with Gasteiger partial charge in [-0.15, -0.1) is 0 Å². The van der Waals surface area contributed by atoms with Crippen LogP contribution in [0, 0.1) is 0 Å². The van der Waals surface area contributed by atoms with E-state index in [1.165, 1.54) is 0 Å². The van der Waals surface area contributed by atoms with Gasteiger partial charge in [-0.05, 0) is 59.3 Å². The second-order valence-electron chi connectivity index (χ2n) is 7.12. The average molecular weight is 391 g/mol. The summed E-state index contributed by atoms with van der Waals surface area (Å²) in [6, 6.07) is 26.3. The lowest BCUT2D eigenvalue weighted by atomic mass is 10.00. The van der Waals surface area contributed by atoms with E-state index in [1.54, 1.807) is 18.5 Å². The standard InChI is InChI=1S/C25H17N3O2/c26-25(30)20-9-12-23-22(14-20)27-15-28(23)21-10-7-17(8-11-21)24(29)19-6-5-16-3-1-2-4-18(16)13-19/h1-15H,(H2,26,30). The highest BCUT2D eigenvalue weighted by atomic mass is 16.1. The van der Waals surface area contributed by atoms with Crippen molar-refractivity contribution in [2.24, 2.45) is 5.73 Å².